The summed E-state index contributed by atoms with van der Waals surface area (Å²) in [7, 11) is 0. The summed E-state index contributed by atoms with van der Waals surface area (Å²) in [5, 5.41) is 9.26. The first kappa shape index (κ1) is 8.06. The number of aliphatic hydroxyl groups excluding tert-OH is 1. The summed E-state index contributed by atoms with van der Waals surface area (Å²) in [4.78, 5) is 0. The van der Waals surface area contributed by atoms with E-state index in [1.54, 1.807) is 0 Å². The Hall–Kier alpha value is -0.0400. The van der Waals surface area contributed by atoms with Gasteiger partial charge in [-0.05, 0) is 31.6 Å². The Morgan fingerprint density at radius 2 is 1.70 bits per heavy atom. The van der Waals surface area contributed by atoms with E-state index in [2.05, 4.69) is 6.92 Å². The van der Waals surface area contributed by atoms with Crippen molar-refractivity contribution in [3.63, 3.8) is 0 Å². The van der Waals surface area contributed by atoms with E-state index in [9.17, 15) is 5.11 Å². The maximum atomic E-state index is 9.26. The lowest BCUT2D eigenvalue weighted by Crippen LogP contribution is -2.22. The molecule has 0 aliphatic heterocycles. The van der Waals surface area contributed by atoms with Crippen LogP contribution >= 0.6 is 0 Å². The second-order valence-electron chi connectivity index (χ2n) is 3.76. The second-order valence-corrected chi connectivity index (χ2v) is 3.76. The van der Waals surface area contributed by atoms with Crippen LogP contribution in [0.1, 0.15) is 39.5 Å². The van der Waals surface area contributed by atoms with Crippen LogP contribution in [-0.4, -0.2) is 11.2 Å². The van der Waals surface area contributed by atoms with Gasteiger partial charge in [0.05, 0.1) is 6.10 Å². The lowest BCUT2D eigenvalue weighted by atomic mass is 9.81. The van der Waals surface area contributed by atoms with Crippen molar-refractivity contribution in [1.82, 2.24) is 0 Å². The molecular weight excluding hydrogens is 124 g/mol. The maximum Gasteiger partial charge on any atom is 0.0540 e. The molecule has 1 saturated carbocycles. The molecule has 1 heteroatoms. The Kier molecular flexibility index (Phi) is 2.72. The zero-order chi connectivity index (χ0) is 7.56. The molecule has 1 fully saturated rings. The molecule has 0 saturated heterocycles. The van der Waals surface area contributed by atoms with E-state index in [1.807, 2.05) is 6.92 Å². The molecule has 0 bridgehead atoms. The van der Waals surface area contributed by atoms with Gasteiger partial charge in [-0.15, -0.1) is 0 Å². The van der Waals surface area contributed by atoms with Gasteiger partial charge in [-0.1, -0.05) is 19.8 Å². The maximum absolute atomic E-state index is 9.26. The monoisotopic (exact) mass is 142 g/mol. The van der Waals surface area contributed by atoms with Crippen molar-refractivity contribution >= 4 is 0 Å². The molecule has 1 aliphatic rings. The first-order chi connectivity index (χ1) is 4.70. The average molecular weight is 142 g/mol. The summed E-state index contributed by atoms with van der Waals surface area (Å²) in [5.41, 5.74) is 0. The van der Waals surface area contributed by atoms with Gasteiger partial charge in [-0.25, -0.2) is 0 Å². The molecule has 0 aromatic rings. The first-order valence-electron chi connectivity index (χ1n) is 4.38. The van der Waals surface area contributed by atoms with E-state index in [0.29, 0.717) is 5.92 Å². The summed E-state index contributed by atoms with van der Waals surface area (Å²) < 4.78 is 0. The molecule has 1 aliphatic carbocycles. The quantitative estimate of drug-likeness (QED) is 0.595. The highest BCUT2D eigenvalue weighted by molar-refractivity contribution is 4.72. The van der Waals surface area contributed by atoms with Gasteiger partial charge < -0.3 is 5.11 Å². The van der Waals surface area contributed by atoms with E-state index in [0.717, 1.165) is 5.92 Å². The van der Waals surface area contributed by atoms with Gasteiger partial charge in [0, 0.05) is 0 Å². The van der Waals surface area contributed by atoms with E-state index < -0.39 is 0 Å². The molecule has 1 rings (SSSR count). The van der Waals surface area contributed by atoms with E-state index in [1.165, 1.54) is 25.7 Å². The van der Waals surface area contributed by atoms with Gasteiger partial charge in [-0.3, -0.25) is 0 Å². The van der Waals surface area contributed by atoms with Crippen molar-refractivity contribution in [2.24, 2.45) is 11.8 Å². The van der Waals surface area contributed by atoms with Crippen LogP contribution in [0.2, 0.25) is 0 Å². The second kappa shape index (κ2) is 3.38. The summed E-state index contributed by atoms with van der Waals surface area (Å²) in [5.74, 6) is 1.49. The molecule has 1 atom stereocenters. The predicted molar refractivity (Wildman–Crippen MR) is 42.8 cm³/mol. The minimum atomic E-state index is -0.0764. The Balaban J connectivity index is 2.26. The third-order valence-corrected chi connectivity index (χ3v) is 2.74. The number of hydrogen-bond acceptors (Lipinski definition) is 1. The minimum absolute atomic E-state index is 0.0764. The SMILES string of the molecule is CC1CCC([C@H](C)O)CC1. The molecule has 0 amide bonds. The van der Waals surface area contributed by atoms with Crippen LogP contribution in [0.3, 0.4) is 0 Å². The number of rotatable bonds is 1. The summed E-state index contributed by atoms with van der Waals surface area (Å²) in [6, 6.07) is 0. The molecule has 60 valence electrons. The highest BCUT2D eigenvalue weighted by Crippen LogP contribution is 2.29. The highest BCUT2D eigenvalue weighted by atomic mass is 16.3. The van der Waals surface area contributed by atoms with Crippen molar-refractivity contribution in [3.8, 4) is 0 Å². The van der Waals surface area contributed by atoms with Crippen LogP contribution in [0.25, 0.3) is 0 Å². The van der Waals surface area contributed by atoms with Gasteiger partial charge in [0.2, 0.25) is 0 Å². The molecule has 0 spiro atoms. The molecule has 1 N–H and O–H groups in total. The largest absolute Gasteiger partial charge is 0.393 e. The van der Waals surface area contributed by atoms with Crippen molar-refractivity contribution in [2.75, 3.05) is 0 Å². The van der Waals surface area contributed by atoms with Crippen molar-refractivity contribution in [1.29, 1.82) is 0 Å². The third-order valence-electron chi connectivity index (χ3n) is 2.74. The van der Waals surface area contributed by atoms with Gasteiger partial charge >= 0.3 is 0 Å². The van der Waals surface area contributed by atoms with E-state index >= 15 is 0 Å². The Labute approximate surface area is 63.4 Å². The van der Waals surface area contributed by atoms with Crippen LogP contribution in [-0.2, 0) is 0 Å². The fourth-order valence-electron chi connectivity index (χ4n) is 1.77. The fraction of sp³-hybridized carbons (Fsp3) is 1.00. The third kappa shape index (κ3) is 1.98. The van der Waals surface area contributed by atoms with Gasteiger partial charge in [-0.2, -0.15) is 0 Å². The summed E-state index contributed by atoms with van der Waals surface area (Å²) in [6.07, 6.45) is 5.02. The van der Waals surface area contributed by atoms with Gasteiger partial charge in [0.1, 0.15) is 0 Å². The molecular formula is C9H18O. The molecule has 10 heavy (non-hydrogen) atoms. The topological polar surface area (TPSA) is 20.2 Å². The number of aliphatic hydroxyl groups is 1. The molecule has 0 radical (unpaired) electrons. The van der Waals surface area contributed by atoms with Gasteiger partial charge in [0.15, 0.2) is 0 Å². The Morgan fingerprint density at radius 1 is 1.20 bits per heavy atom. The lowest BCUT2D eigenvalue weighted by molar-refractivity contribution is 0.0909. The zero-order valence-electron chi connectivity index (χ0n) is 7.01. The van der Waals surface area contributed by atoms with Gasteiger partial charge in [0.25, 0.3) is 0 Å². The summed E-state index contributed by atoms with van der Waals surface area (Å²) >= 11 is 0. The zero-order valence-corrected chi connectivity index (χ0v) is 7.01. The lowest BCUT2D eigenvalue weighted by Gasteiger charge is -2.27. The summed E-state index contributed by atoms with van der Waals surface area (Å²) in [6.45, 7) is 4.22. The van der Waals surface area contributed by atoms with E-state index in [4.69, 9.17) is 0 Å². The highest BCUT2D eigenvalue weighted by Gasteiger charge is 2.21. The Morgan fingerprint density at radius 3 is 2.10 bits per heavy atom. The van der Waals surface area contributed by atoms with Crippen molar-refractivity contribution in [2.45, 2.75) is 45.6 Å². The van der Waals surface area contributed by atoms with Crippen molar-refractivity contribution in [3.05, 3.63) is 0 Å². The predicted octanol–water partition coefficient (Wildman–Crippen LogP) is 2.19. The van der Waals surface area contributed by atoms with Crippen LogP contribution < -0.4 is 0 Å². The molecule has 0 unspecified atom stereocenters. The van der Waals surface area contributed by atoms with Crippen molar-refractivity contribution < 1.29 is 5.11 Å². The van der Waals surface area contributed by atoms with Crippen LogP contribution in [0, 0.1) is 11.8 Å². The van der Waals surface area contributed by atoms with Crippen LogP contribution in [0.15, 0.2) is 0 Å². The normalized spacial score (nSPS) is 37.5. The average Bonchev–Trinajstić information content (AvgIpc) is 1.88. The smallest absolute Gasteiger partial charge is 0.0540 e. The standard InChI is InChI=1S/C9H18O/c1-7-3-5-9(6-4-7)8(2)10/h7-10H,3-6H2,1-2H3/t7?,8-,9?/m0/s1. The number of hydrogen-bond donors (Lipinski definition) is 1. The van der Waals surface area contributed by atoms with E-state index in [-0.39, 0.29) is 6.10 Å². The molecule has 0 heterocycles. The Bertz CT molecular complexity index is 90.9. The molecule has 1 nitrogen and oxygen atoms in total. The molecule has 0 aromatic carbocycles. The fourth-order valence-corrected chi connectivity index (χ4v) is 1.77. The molecule has 0 aromatic heterocycles. The van der Waals surface area contributed by atoms with Crippen LogP contribution in [0.5, 0.6) is 0 Å². The van der Waals surface area contributed by atoms with Crippen LogP contribution in [0.4, 0.5) is 0 Å². The minimum Gasteiger partial charge on any atom is -0.393 e. The first-order valence-corrected chi connectivity index (χ1v) is 4.38.